The lowest BCUT2D eigenvalue weighted by molar-refractivity contribution is 0.597. The molecular formula is C15H13N7O3S. The highest BCUT2D eigenvalue weighted by atomic mass is 32.2. The Hall–Kier alpha value is -3.44. The summed E-state index contributed by atoms with van der Waals surface area (Å²) in [5.74, 6) is -0.279. The number of aromatic amines is 1. The van der Waals surface area contributed by atoms with Gasteiger partial charge in [-0.05, 0) is 29.3 Å². The largest absolute Gasteiger partial charge is 0.382 e. The van der Waals surface area contributed by atoms with Crippen molar-refractivity contribution < 1.29 is 8.42 Å². The third-order valence-electron chi connectivity index (χ3n) is 3.70. The Balaban J connectivity index is 2.37. The number of nitrogens with zero attached hydrogens (tertiary/aromatic N) is 3. The van der Waals surface area contributed by atoms with E-state index in [4.69, 9.17) is 16.4 Å². The van der Waals surface area contributed by atoms with E-state index in [2.05, 4.69) is 20.3 Å². The van der Waals surface area contributed by atoms with Gasteiger partial charge in [0.15, 0.2) is 5.84 Å². The lowest BCUT2D eigenvalue weighted by Crippen LogP contribution is -2.22. The second-order valence-electron chi connectivity index (χ2n) is 5.27. The number of fused-ring (bicyclic) bond motifs is 1. The molecular weight excluding hydrogens is 358 g/mol. The summed E-state index contributed by atoms with van der Waals surface area (Å²) in [4.78, 5) is 18.1. The van der Waals surface area contributed by atoms with Gasteiger partial charge in [-0.3, -0.25) is 4.79 Å². The molecule has 0 atom stereocenters. The molecule has 0 aliphatic rings. The van der Waals surface area contributed by atoms with Crippen molar-refractivity contribution in [3.63, 3.8) is 0 Å². The van der Waals surface area contributed by atoms with Crippen molar-refractivity contribution in [1.29, 1.82) is 5.53 Å². The summed E-state index contributed by atoms with van der Waals surface area (Å²) in [5.41, 5.74) is 13.7. The number of nitrogens with two attached hydrogens (primary N) is 2. The van der Waals surface area contributed by atoms with Crippen LogP contribution in [0.2, 0.25) is 0 Å². The van der Waals surface area contributed by atoms with Crippen molar-refractivity contribution in [2.75, 3.05) is 0 Å². The Morgan fingerprint density at radius 3 is 2.69 bits per heavy atom. The van der Waals surface area contributed by atoms with Gasteiger partial charge in [0.2, 0.25) is 10.0 Å². The summed E-state index contributed by atoms with van der Waals surface area (Å²) in [6, 6.07) is 9.19. The number of hydrogen-bond acceptors (Lipinski definition) is 6. The first-order valence-electron chi connectivity index (χ1n) is 7.17. The Morgan fingerprint density at radius 2 is 2.00 bits per heavy atom. The zero-order chi connectivity index (χ0) is 18.9. The van der Waals surface area contributed by atoms with Gasteiger partial charge in [-0.15, -0.1) is 5.10 Å². The van der Waals surface area contributed by atoms with Gasteiger partial charge in [-0.2, -0.15) is 5.53 Å². The lowest BCUT2D eigenvalue weighted by Gasteiger charge is -2.13. The highest BCUT2D eigenvalue weighted by Gasteiger charge is 2.21. The number of rotatable bonds is 4. The van der Waals surface area contributed by atoms with E-state index in [1.54, 1.807) is 24.3 Å². The molecule has 26 heavy (non-hydrogen) atoms. The van der Waals surface area contributed by atoms with Gasteiger partial charge >= 0.3 is 0 Å². The minimum atomic E-state index is -4.11. The van der Waals surface area contributed by atoms with Crippen molar-refractivity contribution in [1.82, 2.24) is 9.97 Å². The SMILES string of the molecule is N=NN=C(N)c1c(-c2ccc3c(=O)[nH]cnc3c2)cccc1S(N)(=O)=O. The molecule has 10 nitrogen and oxygen atoms in total. The van der Waals surface area contributed by atoms with E-state index in [-0.39, 0.29) is 21.9 Å². The molecule has 0 saturated carbocycles. The normalized spacial score (nSPS) is 12.3. The summed E-state index contributed by atoms with van der Waals surface area (Å²) >= 11 is 0. The van der Waals surface area contributed by atoms with Crippen LogP contribution in [0.25, 0.3) is 22.0 Å². The van der Waals surface area contributed by atoms with Crippen molar-refractivity contribution in [3.05, 3.63) is 58.6 Å². The third kappa shape index (κ3) is 3.08. The quantitative estimate of drug-likeness (QED) is 0.229. The molecule has 3 rings (SSSR count). The number of sulfonamides is 1. The monoisotopic (exact) mass is 371 g/mol. The molecule has 0 aliphatic heterocycles. The Labute approximate surface area is 147 Å². The van der Waals surface area contributed by atoms with Crippen LogP contribution in [0, 0.1) is 5.53 Å². The molecule has 0 aliphatic carbocycles. The zero-order valence-corrected chi connectivity index (χ0v) is 14.0. The van der Waals surface area contributed by atoms with E-state index in [9.17, 15) is 13.2 Å². The molecule has 132 valence electrons. The fourth-order valence-corrected chi connectivity index (χ4v) is 3.38. The molecule has 1 heterocycles. The number of primary sulfonamides is 1. The Morgan fingerprint density at radius 1 is 1.23 bits per heavy atom. The van der Waals surface area contributed by atoms with Crippen molar-refractivity contribution in [3.8, 4) is 11.1 Å². The first-order valence-corrected chi connectivity index (χ1v) is 8.71. The maximum Gasteiger partial charge on any atom is 0.258 e. The molecule has 6 N–H and O–H groups in total. The minimum absolute atomic E-state index is 0.0233. The molecule has 0 spiro atoms. The van der Waals surface area contributed by atoms with Crippen molar-refractivity contribution in [2.24, 2.45) is 21.2 Å². The van der Waals surface area contributed by atoms with E-state index in [1.807, 2.05) is 0 Å². The first kappa shape index (κ1) is 17.4. The maximum absolute atomic E-state index is 11.9. The van der Waals surface area contributed by atoms with Crippen LogP contribution in [0.5, 0.6) is 0 Å². The van der Waals surface area contributed by atoms with E-state index < -0.39 is 10.0 Å². The number of benzene rings is 2. The predicted molar refractivity (Wildman–Crippen MR) is 95.0 cm³/mol. The van der Waals surface area contributed by atoms with E-state index in [0.29, 0.717) is 22.0 Å². The summed E-state index contributed by atoms with van der Waals surface area (Å²) in [6.07, 6.45) is 1.27. The molecule has 2 aromatic carbocycles. The molecule has 0 saturated heterocycles. The van der Waals surface area contributed by atoms with E-state index >= 15 is 0 Å². The second-order valence-corrected chi connectivity index (χ2v) is 6.80. The average molecular weight is 371 g/mol. The molecule has 0 amide bonds. The molecule has 0 bridgehead atoms. The zero-order valence-electron chi connectivity index (χ0n) is 13.2. The maximum atomic E-state index is 11.9. The van der Waals surface area contributed by atoms with E-state index in [1.165, 1.54) is 18.5 Å². The van der Waals surface area contributed by atoms with Crippen LogP contribution in [0.1, 0.15) is 5.56 Å². The van der Waals surface area contributed by atoms with Crippen molar-refractivity contribution in [2.45, 2.75) is 4.90 Å². The van der Waals surface area contributed by atoms with E-state index in [0.717, 1.165) is 0 Å². The predicted octanol–water partition coefficient (Wildman–Crippen LogP) is 0.889. The number of amidine groups is 1. The summed E-state index contributed by atoms with van der Waals surface area (Å²) in [5, 5.41) is 11.9. The summed E-state index contributed by atoms with van der Waals surface area (Å²) in [6.45, 7) is 0. The summed E-state index contributed by atoms with van der Waals surface area (Å²) in [7, 11) is -4.11. The number of H-pyrrole nitrogens is 1. The molecule has 11 heteroatoms. The van der Waals surface area contributed by atoms with Crippen molar-refractivity contribution >= 4 is 26.8 Å². The number of nitrogens with one attached hydrogen (secondary N) is 2. The van der Waals surface area contributed by atoms with Gasteiger partial charge in [-0.1, -0.05) is 23.4 Å². The summed E-state index contributed by atoms with van der Waals surface area (Å²) < 4.78 is 23.9. The average Bonchev–Trinajstić information content (AvgIpc) is 2.60. The van der Waals surface area contributed by atoms with Crippen LogP contribution in [0.4, 0.5) is 0 Å². The van der Waals surface area contributed by atoms with Gasteiger partial charge in [-0.25, -0.2) is 18.5 Å². The van der Waals surface area contributed by atoms with Crippen LogP contribution in [-0.2, 0) is 10.0 Å². The Bertz CT molecular complexity index is 1220. The highest BCUT2D eigenvalue weighted by molar-refractivity contribution is 7.89. The molecule has 0 fully saturated rings. The fraction of sp³-hybridized carbons (Fsp3) is 0. The molecule has 0 unspecified atom stereocenters. The highest BCUT2D eigenvalue weighted by Crippen LogP contribution is 2.29. The first-order chi connectivity index (χ1) is 12.3. The van der Waals surface area contributed by atoms with Gasteiger partial charge in [0.1, 0.15) is 0 Å². The molecule has 1 aromatic heterocycles. The standard InChI is InChI=1S/C15H13N7O3S/c16-14(21-22-17)13-9(2-1-3-12(13)26(18,24)25)8-4-5-10-11(6-8)19-7-20-15(10)23/h1-7H,(H3,16,17,21)(H2,18,24,25)(H,19,20,23). The third-order valence-corrected chi connectivity index (χ3v) is 4.65. The van der Waals surface area contributed by atoms with Crippen LogP contribution in [0.15, 0.2) is 62.7 Å². The molecule has 0 radical (unpaired) electrons. The van der Waals surface area contributed by atoms with Gasteiger partial charge in [0.25, 0.3) is 5.56 Å². The van der Waals surface area contributed by atoms with Gasteiger partial charge in [0.05, 0.1) is 22.1 Å². The number of aromatic nitrogens is 2. The smallest absolute Gasteiger partial charge is 0.258 e. The topological polar surface area (TPSA) is 180 Å². The Kier molecular flexibility index (Phi) is 4.32. The van der Waals surface area contributed by atoms with Gasteiger partial charge in [0, 0.05) is 5.56 Å². The minimum Gasteiger partial charge on any atom is -0.382 e. The number of hydrogen-bond donors (Lipinski definition) is 4. The second kappa shape index (κ2) is 6.46. The van der Waals surface area contributed by atoms with Crippen LogP contribution >= 0.6 is 0 Å². The van der Waals surface area contributed by atoms with Crippen LogP contribution < -0.4 is 16.4 Å². The van der Waals surface area contributed by atoms with Gasteiger partial charge < -0.3 is 10.7 Å². The van der Waals surface area contributed by atoms with Crippen LogP contribution in [0.3, 0.4) is 0 Å². The van der Waals surface area contributed by atoms with Crippen LogP contribution in [-0.4, -0.2) is 24.2 Å². The fourth-order valence-electron chi connectivity index (χ4n) is 2.61. The lowest BCUT2D eigenvalue weighted by atomic mass is 9.98. The molecule has 3 aromatic rings.